The number of carbonyl (C=O) groups excluding carboxylic acids is 1. The molecule has 2 nitrogen and oxygen atoms in total. The fraction of sp³-hybridized carbons (Fsp3) is 0.462. The van der Waals surface area contributed by atoms with Crippen LogP contribution in [0.4, 0.5) is 0 Å². The molecule has 2 rings (SSSR count). The highest BCUT2D eigenvalue weighted by Gasteiger charge is 2.26. The molecule has 1 aliphatic rings. The van der Waals surface area contributed by atoms with Crippen molar-refractivity contribution >= 4 is 45.0 Å². The number of amides is 1. The third kappa shape index (κ3) is 3.19. The third-order valence-electron chi connectivity index (χ3n) is 3.19. The minimum absolute atomic E-state index is 0.151. The summed E-state index contributed by atoms with van der Waals surface area (Å²) in [6.45, 7) is 0. The van der Waals surface area contributed by atoms with Crippen LogP contribution in [0.25, 0.3) is 0 Å². The Kier molecular flexibility index (Phi) is 4.93. The van der Waals surface area contributed by atoms with E-state index in [9.17, 15) is 4.79 Å². The molecule has 0 radical (unpaired) electrons. The van der Waals surface area contributed by atoms with Crippen molar-refractivity contribution in [2.75, 3.05) is 0 Å². The van der Waals surface area contributed by atoms with Gasteiger partial charge in [-0.1, -0.05) is 58.0 Å². The molecule has 1 aliphatic carbocycles. The van der Waals surface area contributed by atoms with Crippen LogP contribution in [0.1, 0.15) is 36.0 Å². The van der Waals surface area contributed by atoms with E-state index in [-0.39, 0.29) is 11.9 Å². The van der Waals surface area contributed by atoms with E-state index in [1.54, 1.807) is 18.2 Å². The van der Waals surface area contributed by atoms with Gasteiger partial charge in [-0.15, -0.1) is 0 Å². The molecule has 5 heteroatoms. The fourth-order valence-electron chi connectivity index (χ4n) is 2.20. The van der Waals surface area contributed by atoms with Crippen LogP contribution in [0, 0.1) is 0 Å². The van der Waals surface area contributed by atoms with E-state index in [0.717, 1.165) is 19.3 Å². The Labute approximate surface area is 125 Å². The number of benzene rings is 1. The van der Waals surface area contributed by atoms with E-state index in [4.69, 9.17) is 23.2 Å². The standard InChI is InChI=1S/C13H14BrCl2NO/c14-8-4-1-2-7-11(8)17-13(18)12-9(15)5-3-6-10(12)16/h3,5-6,8,11H,1-2,4,7H2,(H,17,18). The van der Waals surface area contributed by atoms with Crippen LogP contribution in [-0.4, -0.2) is 16.8 Å². The van der Waals surface area contributed by atoms with Gasteiger partial charge in [0.05, 0.1) is 15.6 Å². The van der Waals surface area contributed by atoms with Gasteiger partial charge in [0.15, 0.2) is 0 Å². The first-order valence-electron chi connectivity index (χ1n) is 5.98. The zero-order valence-corrected chi connectivity index (χ0v) is 12.9. The second-order valence-corrected chi connectivity index (χ2v) is 6.47. The van der Waals surface area contributed by atoms with Gasteiger partial charge < -0.3 is 5.32 Å². The van der Waals surface area contributed by atoms with Crippen molar-refractivity contribution in [3.05, 3.63) is 33.8 Å². The maximum Gasteiger partial charge on any atom is 0.254 e. The highest BCUT2D eigenvalue weighted by atomic mass is 79.9. The predicted octanol–water partition coefficient (Wildman–Crippen LogP) is 4.43. The molecule has 1 N–H and O–H groups in total. The first-order valence-corrected chi connectivity index (χ1v) is 7.65. The van der Waals surface area contributed by atoms with Gasteiger partial charge in [-0.3, -0.25) is 4.79 Å². The van der Waals surface area contributed by atoms with Gasteiger partial charge in [-0.2, -0.15) is 0 Å². The first-order chi connectivity index (χ1) is 8.59. The van der Waals surface area contributed by atoms with Gasteiger partial charge in [-0.25, -0.2) is 0 Å². The van der Waals surface area contributed by atoms with Crippen LogP contribution in [0.2, 0.25) is 10.0 Å². The molecule has 18 heavy (non-hydrogen) atoms. The Morgan fingerprint density at radius 2 is 1.83 bits per heavy atom. The smallest absolute Gasteiger partial charge is 0.254 e. The number of carbonyl (C=O) groups is 1. The Balaban J connectivity index is 2.12. The molecule has 98 valence electrons. The van der Waals surface area contributed by atoms with E-state index < -0.39 is 0 Å². The number of alkyl halides is 1. The van der Waals surface area contributed by atoms with Crippen LogP contribution < -0.4 is 5.32 Å². The largest absolute Gasteiger partial charge is 0.348 e. The lowest BCUT2D eigenvalue weighted by atomic mass is 9.95. The van der Waals surface area contributed by atoms with Crippen molar-refractivity contribution in [1.82, 2.24) is 5.32 Å². The van der Waals surface area contributed by atoms with Gasteiger partial charge in [0.1, 0.15) is 0 Å². The molecule has 2 atom stereocenters. The van der Waals surface area contributed by atoms with Gasteiger partial charge in [0.25, 0.3) is 5.91 Å². The molecule has 0 aromatic heterocycles. The summed E-state index contributed by atoms with van der Waals surface area (Å²) in [6.07, 6.45) is 4.42. The van der Waals surface area contributed by atoms with E-state index in [1.807, 2.05) is 0 Å². The highest BCUT2D eigenvalue weighted by molar-refractivity contribution is 9.09. The Morgan fingerprint density at radius 3 is 2.44 bits per heavy atom. The van der Waals surface area contributed by atoms with E-state index >= 15 is 0 Å². The van der Waals surface area contributed by atoms with Crippen molar-refractivity contribution in [3.8, 4) is 0 Å². The molecule has 0 bridgehead atoms. The van der Waals surface area contributed by atoms with Gasteiger partial charge >= 0.3 is 0 Å². The van der Waals surface area contributed by atoms with Gasteiger partial charge in [-0.05, 0) is 25.0 Å². The average Bonchev–Trinajstić information content (AvgIpc) is 2.32. The molecule has 1 aromatic rings. The van der Waals surface area contributed by atoms with Crippen LogP contribution >= 0.6 is 39.1 Å². The lowest BCUT2D eigenvalue weighted by Crippen LogP contribution is -2.42. The first kappa shape index (κ1) is 14.2. The Morgan fingerprint density at radius 1 is 1.22 bits per heavy atom. The maximum absolute atomic E-state index is 12.2. The molecule has 2 unspecified atom stereocenters. The summed E-state index contributed by atoms with van der Waals surface area (Å²) in [5.74, 6) is -0.193. The zero-order chi connectivity index (χ0) is 13.1. The molecular formula is C13H14BrCl2NO. The number of hydrogen-bond donors (Lipinski definition) is 1. The summed E-state index contributed by atoms with van der Waals surface area (Å²) in [5, 5.41) is 3.79. The summed E-state index contributed by atoms with van der Waals surface area (Å²) in [7, 11) is 0. The normalized spacial score (nSPS) is 23.7. The number of halogens is 3. The number of nitrogens with one attached hydrogen (secondary N) is 1. The minimum Gasteiger partial charge on any atom is -0.348 e. The van der Waals surface area contributed by atoms with E-state index in [2.05, 4.69) is 21.2 Å². The molecule has 1 saturated carbocycles. The summed E-state index contributed by atoms with van der Waals surface area (Å²) in [4.78, 5) is 12.5. The summed E-state index contributed by atoms with van der Waals surface area (Å²) >= 11 is 15.7. The molecule has 0 heterocycles. The molecule has 0 aliphatic heterocycles. The summed E-state index contributed by atoms with van der Waals surface area (Å²) < 4.78 is 0. The Hall–Kier alpha value is -0.250. The lowest BCUT2D eigenvalue weighted by Gasteiger charge is -2.28. The number of hydrogen-bond acceptors (Lipinski definition) is 1. The molecule has 0 spiro atoms. The highest BCUT2D eigenvalue weighted by Crippen LogP contribution is 2.27. The fourth-order valence-corrected chi connectivity index (χ4v) is 3.49. The second-order valence-electron chi connectivity index (χ2n) is 4.48. The van der Waals surface area contributed by atoms with Crippen molar-refractivity contribution < 1.29 is 4.79 Å². The molecule has 0 saturated heterocycles. The SMILES string of the molecule is O=C(NC1CCCCC1Br)c1c(Cl)cccc1Cl. The van der Waals surface area contributed by atoms with Crippen LogP contribution in [0.15, 0.2) is 18.2 Å². The van der Waals surface area contributed by atoms with Crippen molar-refractivity contribution in [3.63, 3.8) is 0 Å². The average molecular weight is 351 g/mol. The monoisotopic (exact) mass is 349 g/mol. The van der Waals surface area contributed by atoms with Crippen LogP contribution in [0.5, 0.6) is 0 Å². The third-order valence-corrected chi connectivity index (χ3v) is 4.91. The topological polar surface area (TPSA) is 29.1 Å². The molecule has 1 aromatic carbocycles. The quantitative estimate of drug-likeness (QED) is 0.785. The Bertz CT molecular complexity index is 432. The van der Waals surface area contributed by atoms with Crippen molar-refractivity contribution in [2.45, 2.75) is 36.6 Å². The zero-order valence-electron chi connectivity index (χ0n) is 9.76. The summed E-state index contributed by atoms with van der Waals surface area (Å²) in [6, 6.07) is 5.23. The molecular weight excluding hydrogens is 337 g/mol. The van der Waals surface area contributed by atoms with Gasteiger partial charge in [0.2, 0.25) is 0 Å². The second kappa shape index (κ2) is 6.27. The van der Waals surface area contributed by atoms with Gasteiger partial charge in [0, 0.05) is 10.9 Å². The molecule has 1 fully saturated rings. The van der Waals surface area contributed by atoms with Crippen LogP contribution in [-0.2, 0) is 0 Å². The predicted molar refractivity (Wildman–Crippen MR) is 78.9 cm³/mol. The lowest BCUT2D eigenvalue weighted by molar-refractivity contribution is 0.0930. The van der Waals surface area contributed by atoms with Crippen molar-refractivity contribution in [2.24, 2.45) is 0 Å². The van der Waals surface area contributed by atoms with E-state index in [0.29, 0.717) is 20.4 Å². The molecule has 1 amide bonds. The number of rotatable bonds is 2. The van der Waals surface area contributed by atoms with E-state index in [1.165, 1.54) is 6.42 Å². The minimum atomic E-state index is -0.193. The van der Waals surface area contributed by atoms with Crippen molar-refractivity contribution in [1.29, 1.82) is 0 Å². The van der Waals surface area contributed by atoms with Crippen LogP contribution in [0.3, 0.4) is 0 Å². The maximum atomic E-state index is 12.2. The summed E-state index contributed by atoms with van der Waals surface area (Å²) in [5.41, 5.74) is 0.367.